The van der Waals surface area contributed by atoms with E-state index in [0.29, 0.717) is 5.92 Å². The Morgan fingerprint density at radius 2 is 1.80 bits per heavy atom. The molecule has 2 nitrogen and oxygen atoms in total. The van der Waals surface area contributed by atoms with Crippen LogP contribution in [0.25, 0.3) is 0 Å². The van der Waals surface area contributed by atoms with Gasteiger partial charge in [0.25, 0.3) is 0 Å². The Labute approximate surface area is 63.4 Å². The SMILES string of the molecule is CC(C)CC(O)C(C)(C)N. The second kappa shape index (κ2) is 3.35. The highest BCUT2D eigenvalue weighted by Crippen LogP contribution is 2.13. The highest BCUT2D eigenvalue weighted by Gasteiger charge is 2.22. The van der Waals surface area contributed by atoms with Gasteiger partial charge < -0.3 is 10.8 Å². The van der Waals surface area contributed by atoms with Crippen molar-refractivity contribution in [1.29, 1.82) is 0 Å². The first-order valence-electron chi connectivity index (χ1n) is 3.81. The fourth-order valence-electron chi connectivity index (χ4n) is 0.750. The Kier molecular flexibility index (Phi) is 3.33. The molecule has 0 rings (SSSR count). The molecule has 10 heavy (non-hydrogen) atoms. The summed E-state index contributed by atoms with van der Waals surface area (Å²) in [6.45, 7) is 7.85. The van der Waals surface area contributed by atoms with Crippen LogP contribution in [0.1, 0.15) is 34.1 Å². The van der Waals surface area contributed by atoms with Crippen molar-refractivity contribution < 1.29 is 5.11 Å². The molecule has 62 valence electrons. The molecule has 2 heteroatoms. The molecule has 0 aromatic carbocycles. The molecule has 1 unspecified atom stereocenters. The van der Waals surface area contributed by atoms with Gasteiger partial charge in [-0.25, -0.2) is 0 Å². The lowest BCUT2D eigenvalue weighted by atomic mass is 9.92. The lowest BCUT2D eigenvalue weighted by molar-refractivity contribution is 0.0832. The zero-order chi connectivity index (χ0) is 8.36. The number of rotatable bonds is 3. The van der Waals surface area contributed by atoms with E-state index < -0.39 is 5.54 Å². The fourth-order valence-corrected chi connectivity index (χ4v) is 0.750. The Hall–Kier alpha value is -0.0800. The van der Waals surface area contributed by atoms with Gasteiger partial charge in [0.15, 0.2) is 0 Å². The predicted octanol–water partition coefficient (Wildman–Crippen LogP) is 1.13. The third-order valence-electron chi connectivity index (χ3n) is 1.55. The quantitative estimate of drug-likeness (QED) is 0.625. The molecule has 0 saturated carbocycles. The maximum Gasteiger partial charge on any atom is 0.0716 e. The van der Waals surface area contributed by atoms with Gasteiger partial charge in [-0.05, 0) is 26.2 Å². The average molecular weight is 145 g/mol. The van der Waals surface area contributed by atoms with E-state index >= 15 is 0 Å². The Balaban J connectivity index is 3.73. The molecule has 3 N–H and O–H groups in total. The van der Waals surface area contributed by atoms with Crippen LogP contribution in [0.15, 0.2) is 0 Å². The van der Waals surface area contributed by atoms with E-state index in [4.69, 9.17) is 5.73 Å². The van der Waals surface area contributed by atoms with Gasteiger partial charge in [0.1, 0.15) is 0 Å². The molecule has 0 saturated heterocycles. The highest BCUT2D eigenvalue weighted by molar-refractivity contribution is 4.81. The summed E-state index contributed by atoms with van der Waals surface area (Å²) in [5.74, 6) is 0.512. The van der Waals surface area contributed by atoms with Crippen molar-refractivity contribution in [3.8, 4) is 0 Å². The summed E-state index contributed by atoms with van der Waals surface area (Å²) < 4.78 is 0. The first-order chi connectivity index (χ1) is 4.34. The van der Waals surface area contributed by atoms with E-state index in [2.05, 4.69) is 13.8 Å². The maximum atomic E-state index is 9.43. The summed E-state index contributed by atoms with van der Waals surface area (Å²) in [6, 6.07) is 0. The van der Waals surface area contributed by atoms with Gasteiger partial charge in [-0.3, -0.25) is 0 Å². The Morgan fingerprint density at radius 1 is 1.40 bits per heavy atom. The molecule has 0 aromatic heterocycles. The molecule has 0 aliphatic carbocycles. The summed E-state index contributed by atoms with van der Waals surface area (Å²) in [5, 5.41) is 9.43. The van der Waals surface area contributed by atoms with E-state index in [1.807, 2.05) is 13.8 Å². The van der Waals surface area contributed by atoms with Gasteiger partial charge in [0, 0.05) is 5.54 Å². The van der Waals surface area contributed by atoms with E-state index in [-0.39, 0.29) is 6.10 Å². The van der Waals surface area contributed by atoms with Crippen molar-refractivity contribution >= 4 is 0 Å². The van der Waals surface area contributed by atoms with E-state index in [9.17, 15) is 5.11 Å². The molecule has 0 fully saturated rings. The highest BCUT2D eigenvalue weighted by atomic mass is 16.3. The zero-order valence-electron chi connectivity index (χ0n) is 7.39. The molecule has 0 heterocycles. The Bertz CT molecular complexity index is 93.9. The third kappa shape index (κ3) is 3.85. The van der Waals surface area contributed by atoms with Crippen LogP contribution in [0.4, 0.5) is 0 Å². The monoisotopic (exact) mass is 145 g/mol. The summed E-state index contributed by atoms with van der Waals surface area (Å²) in [5.41, 5.74) is 5.22. The van der Waals surface area contributed by atoms with Crippen molar-refractivity contribution in [2.75, 3.05) is 0 Å². The van der Waals surface area contributed by atoms with Crippen LogP contribution in [0.3, 0.4) is 0 Å². The molecule has 0 bridgehead atoms. The predicted molar refractivity (Wildman–Crippen MR) is 43.7 cm³/mol. The normalized spacial score (nSPS) is 15.9. The van der Waals surface area contributed by atoms with Crippen molar-refractivity contribution in [2.45, 2.75) is 45.8 Å². The first-order valence-corrected chi connectivity index (χ1v) is 3.81. The molecule has 0 spiro atoms. The number of hydrogen-bond donors (Lipinski definition) is 2. The van der Waals surface area contributed by atoms with Crippen LogP contribution in [-0.2, 0) is 0 Å². The molecule has 0 radical (unpaired) electrons. The van der Waals surface area contributed by atoms with E-state index in [1.165, 1.54) is 0 Å². The van der Waals surface area contributed by atoms with Gasteiger partial charge in [-0.15, -0.1) is 0 Å². The van der Waals surface area contributed by atoms with Crippen molar-refractivity contribution in [3.05, 3.63) is 0 Å². The van der Waals surface area contributed by atoms with Gasteiger partial charge >= 0.3 is 0 Å². The summed E-state index contributed by atoms with van der Waals surface area (Å²) in [4.78, 5) is 0. The number of aliphatic hydroxyl groups is 1. The largest absolute Gasteiger partial charge is 0.391 e. The lowest BCUT2D eigenvalue weighted by Gasteiger charge is -2.26. The van der Waals surface area contributed by atoms with Crippen LogP contribution in [0, 0.1) is 5.92 Å². The number of nitrogens with two attached hydrogens (primary N) is 1. The van der Waals surface area contributed by atoms with Crippen LogP contribution >= 0.6 is 0 Å². The molecular weight excluding hydrogens is 126 g/mol. The lowest BCUT2D eigenvalue weighted by Crippen LogP contribution is -2.45. The molecular formula is C8H19NO. The zero-order valence-corrected chi connectivity index (χ0v) is 7.39. The Morgan fingerprint density at radius 3 is 1.90 bits per heavy atom. The van der Waals surface area contributed by atoms with Gasteiger partial charge in [-0.1, -0.05) is 13.8 Å². The third-order valence-corrected chi connectivity index (χ3v) is 1.55. The minimum absolute atomic E-state index is 0.382. The smallest absolute Gasteiger partial charge is 0.0716 e. The fraction of sp³-hybridized carbons (Fsp3) is 1.00. The molecule has 1 atom stereocenters. The minimum atomic E-state index is -0.454. The first kappa shape index (κ1) is 9.92. The molecule has 0 aromatic rings. The minimum Gasteiger partial charge on any atom is -0.391 e. The van der Waals surface area contributed by atoms with Crippen molar-refractivity contribution in [1.82, 2.24) is 0 Å². The number of hydrogen-bond acceptors (Lipinski definition) is 2. The van der Waals surface area contributed by atoms with E-state index in [1.54, 1.807) is 0 Å². The standard InChI is InChI=1S/C8H19NO/c1-6(2)5-7(10)8(3,4)9/h6-7,10H,5,9H2,1-4H3. The average Bonchev–Trinajstić information content (AvgIpc) is 1.60. The van der Waals surface area contributed by atoms with Crippen LogP contribution in [-0.4, -0.2) is 16.7 Å². The molecule has 0 amide bonds. The van der Waals surface area contributed by atoms with Gasteiger partial charge in [0.2, 0.25) is 0 Å². The van der Waals surface area contributed by atoms with Crippen molar-refractivity contribution in [2.24, 2.45) is 11.7 Å². The van der Waals surface area contributed by atoms with Crippen LogP contribution < -0.4 is 5.73 Å². The van der Waals surface area contributed by atoms with Gasteiger partial charge in [-0.2, -0.15) is 0 Å². The van der Waals surface area contributed by atoms with Gasteiger partial charge in [0.05, 0.1) is 6.10 Å². The molecule has 0 aliphatic heterocycles. The second-order valence-electron chi connectivity index (χ2n) is 3.97. The van der Waals surface area contributed by atoms with E-state index in [0.717, 1.165) is 6.42 Å². The summed E-state index contributed by atoms with van der Waals surface area (Å²) >= 11 is 0. The molecule has 0 aliphatic rings. The summed E-state index contributed by atoms with van der Waals surface area (Å²) in [7, 11) is 0. The maximum absolute atomic E-state index is 9.43. The summed E-state index contributed by atoms with van der Waals surface area (Å²) in [6.07, 6.45) is 0.399. The van der Waals surface area contributed by atoms with Crippen molar-refractivity contribution in [3.63, 3.8) is 0 Å². The number of aliphatic hydroxyl groups excluding tert-OH is 1. The van der Waals surface area contributed by atoms with Crippen LogP contribution in [0.5, 0.6) is 0 Å². The van der Waals surface area contributed by atoms with Crippen LogP contribution in [0.2, 0.25) is 0 Å². The topological polar surface area (TPSA) is 46.2 Å². The second-order valence-corrected chi connectivity index (χ2v) is 3.97.